The summed E-state index contributed by atoms with van der Waals surface area (Å²) in [7, 11) is 0. The van der Waals surface area contributed by atoms with Gasteiger partial charge in [0.15, 0.2) is 11.5 Å². The third-order valence-electron chi connectivity index (χ3n) is 4.16. The van der Waals surface area contributed by atoms with Gasteiger partial charge in [-0.05, 0) is 60.2 Å². The zero-order valence-corrected chi connectivity index (χ0v) is 15.8. The third kappa shape index (κ3) is 5.33. The van der Waals surface area contributed by atoms with Crippen LogP contribution in [0.5, 0.6) is 11.5 Å². The van der Waals surface area contributed by atoms with Crippen molar-refractivity contribution in [3.05, 3.63) is 60.4 Å². The first-order valence-electron chi connectivity index (χ1n) is 8.70. The van der Waals surface area contributed by atoms with Crippen molar-refractivity contribution in [1.82, 2.24) is 15.0 Å². The number of phenols is 2. The molecule has 1 aromatic heterocycles. The fraction of sp³-hybridized carbons (Fsp3) is 0.250. The van der Waals surface area contributed by atoms with Crippen LogP contribution in [0.3, 0.4) is 0 Å². The third-order valence-corrected chi connectivity index (χ3v) is 5.17. The Bertz CT molecular complexity index is 907. The lowest BCUT2D eigenvalue weighted by molar-refractivity contribution is 0.173. The smallest absolute Gasteiger partial charge is 0.157 e. The van der Waals surface area contributed by atoms with Crippen molar-refractivity contribution in [1.29, 1.82) is 0 Å². The van der Waals surface area contributed by atoms with Crippen molar-refractivity contribution in [2.24, 2.45) is 0 Å². The molecule has 0 amide bonds. The van der Waals surface area contributed by atoms with Crippen molar-refractivity contribution in [2.45, 2.75) is 24.0 Å². The largest absolute Gasteiger partial charge is 0.504 e. The Hall–Kier alpha value is -2.32. The highest BCUT2D eigenvalue weighted by molar-refractivity contribution is 7.97. The summed E-state index contributed by atoms with van der Waals surface area (Å²) in [6.45, 7) is 3.08. The molecule has 0 aliphatic rings. The maximum Gasteiger partial charge on any atom is 0.157 e. The summed E-state index contributed by atoms with van der Waals surface area (Å²) in [5, 5.41) is 34.5. The van der Waals surface area contributed by atoms with Crippen LogP contribution < -0.4 is 10.0 Å². The van der Waals surface area contributed by atoms with E-state index in [1.165, 1.54) is 12.1 Å². The Balaban J connectivity index is 1.43. The molecule has 0 radical (unpaired) electrons. The number of fused-ring (bicyclic) bond motifs is 1. The predicted molar refractivity (Wildman–Crippen MR) is 108 cm³/mol. The molecule has 0 saturated carbocycles. The maximum atomic E-state index is 10.2. The first-order valence-corrected chi connectivity index (χ1v) is 9.51. The number of phenolic OH excluding ortho intramolecular Hbond substituents is 2. The number of nitrogens with zero attached hydrogens (tertiary/aromatic N) is 1. The Morgan fingerprint density at radius 1 is 1.00 bits per heavy atom. The maximum absolute atomic E-state index is 10.2. The molecule has 2 atom stereocenters. The molecular weight excluding hydrogens is 362 g/mol. The molecule has 5 N–H and O–H groups in total. The molecular formula is C20H23N3O3S. The van der Waals surface area contributed by atoms with E-state index in [9.17, 15) is 15.3 Å². The molecule has 0 bridgehead atoms. The van der Waals surface area contributed by atoms with Crippen molar-refractivity contribution in [2.75, 3.05) is 13.1 Å². The van der Waals surface area contributed by atoms with E-state index >= 15 is 0 Å². The standard InChI is InChI=1S/C20H23N3O3S/c1-13(10-22-12-20(26)15-3-5-18(24)19(25)9-15)23-27-17-4-2-16-11-21-7-6-14(16)8-17/h2-9,11,13,20,22-26H,10,12H2,1H3/t13-,20?/m1/s1. The monoisotopic (exact) mass is 385 g/mol. The molecule has 0 aliphatic carbocycles. The van der Waals surface area contributed by atoms with Crippen LogP contribution in [0.1, 0.15) is 18.6 Å². The molecule has 142 valence electrons. The number of pyridine rings is 1. The van der Waals surface area contributed by atoms with Gasteiger partial charge in [-0.2, -0.15) is 0 Å². The van der Waals surface area contributed by atoms with E-state index in [2.05, 4.69) is 40.1 Å². The summed E-state index contributed by atoms with van der Waals surface area (Å²) in [4.78, 5) is 5.24. The summed E-state index contributed by atoms with van der Waals surface area (Å²) >= 11 is 1.57. The van der Waals surface area contributed by atoms with Crippen LogP contribution in [-0.4, -0.2) is 39.4 Å². The second kappa shape index (κ2) is 9.05. The minimum Gasteiger partial charge on any atom is -0.504 e. The van der Waals surface area contributed by atoms with Gasteiger partial charge >= 0.3 is 0 Å². The van der Waals surface area contributed by atoms with Crippen molar-refractivity contribution in [3.63, 3.8) is 0 Å². The molecule has 27 heavy (non-hydrogen) atoms. The fourth-order valence-electron chi connectivity index (χ4n) is 2.64. The van der Waals surface area contributed by atoms with Gasteiger partial charge in [0.05, 0.1) is 6.10 Å². The van der Waals surface area contributed by atoms with Gasteiger partial charge in [-0.1, -0.05) is 12.1 Å². The van der Waals surface area contributed by atoms with Crippen LogP contribution in [-0.2, 0) is 0 Å². The summed E-state index contributed by atoms with van der Waals surface area (Å²) < 4.78 is 3.38. The van der Waals surface area contributed by atoms with Gasteiger partial charge in [0.25, 0.3) is 0 Å². The number of hydrogen-bond acceptors (Lipinski definition) is 7. The van der Waals surface area contributed by atoms with Gasteiger partial charge in [-0.3, -0.25) is 9.71 Å². The SMILES string of the molecule is C[C@H](CNCC(O)c1ccc(O)c(O)c1)NSc1ccc2cnccc2c1. The lowest BCUT2D eigenvalue weighted by Gasteiger charge is -2.17. The van der Waals surface area contributed by atoms with Crippen molar-refractivity contribution < 1.29 is 15.3 Å². The first kappa shape index (κ1) is 19.4. The molecule has 0 fully saturated rings. The molecule has 1 unspecified atom stereocenters. The molecule has 7 heteroatoms. The number of nitrogens with one attached hydrogen (secondary N) is 2. The molecule has 0 spiro atoms. The van der Waals surface area contributed by atoms with Crippen molar-refractivity contribution >= 4 is 22.7 Å². The first-order chi connectivity index (χ1) is 13.0. The van der Waals surface area contributed by atoms with Crippen LogP contribution in [0.2, 0.25) is 0 Å². The predicted octanol–water partition coefficient (Wildman–Crippen LogP) is 2.95. The van der Waals surface area contributed by atoms with E-state index in [1.54, 1.807) is 24.2 Å². The van der Waals surface area contributed by atoms with Crippen LogP contribution in [0.4, 0.5) is 0 Å². The zero-order valence-electron chi connectivity index (χ0n) is 15.0. The molecule has 3 aromatic rings. The average Bonchev–Trinajstić information content (AvgIpc) is 2.68. The summed E-state index contributed by atoms with van der Waals surface area (Å²) in [6.07, 6.45) is 2.88. The number of hydrogen-bond donors (Lipinski definition) is 5. The highest BCUT2D eigenvalue weighted by Gasteiger charge is 2.11. The Morgan fingerprint density at radius 2 is 1.85 bits per heavy atom. The number of rotatable bonds is 8. The Kier molecular flexibility index (Phi) is 6.52. The fourth-order valence-corrected chi connectivity index (χ4v) is 3.38. The van der Waals surface area contributed by atoms with Gasteiger partial charge < -0.3 is 20.6 Å². The zero-order chi connectivity index (χ0) is 19.2. The summed E-state index contributed by atoms with van der Waals surface area (Å²) in [5.74, 6) is -0.428. The van der Waals surface area contributed by atoms with Crippen LogP contribution in [0.25, 0.3) is 10.8 Å². The van der Waals surface area contributed by atoms with E-state index < -0.39 is 6.10 Å². The molecule has 3 rings (SSSR count). The van der Waals surface area contributed by atoms with Gasteiger partial charge in [0.2, 0.25) is 0 Å². The minimum atomic E-state index is -0.759. The van der Waals surface area contributed by atoms with Gasteiger partial charge in [0, 0.05) is 41.8 Å². The normalized spacial score (nSPS) is 13.6. The second-order valence-electron chi connectivity index (χ2n) is 6.43. The number of aliphatic hydroxyl groups is 1. The Labute approximate surface area is 162 Å². The van der Waals surface area contributed by atoms with E-state index in [4.69, 9.17) is 0 Å². The van der Waals surface area contributed by atoms with Crippen LogP contribution >= 0.6 is 11.9 Å². The molecule has 6 nitrogen and oxygen atoms in total. The van der Waals surface area contributed by atoms with E-state index in [0.717, 1.165) is 15.7 Å². The Morgan fingerprint density at radius 3 is 2.67 bits per heavy atom. The average molecular weight is 385 g/mol. The lowest BCUT2D eigenvalue weighted by Crippen LogP contribution is -2.34. The second-order valence-corrected chi connectivity index (χ2v) is 7.34. The van der Waals surface area contributed by atoms with Gasteiger partial charge in [-0.25, -0.2) is 0 Å². The quantitative estimate of drug-likeness (QED) is 0.300. The molecule has 0 aliphatic heterocycles. The summed E-state index contributed by atoms with van der Waals surface area (Å²) in [6, 6.07) is 12.7. The van der Waals surface area contributed by atoms with E-state index in [1.807, 2.05) is 12.3 Å². The van der Waals surface area contributed by atoms with Gasteiger partial charge in [-0.15, -0.1) is 0 Å². The van der Waals surface area contributed by atoms with Crippen LogP contribution in [0.15, 0.2) is 59.8 Å². The lowest BCUT2D eigenvalue weighted by atomic mass is 10.1. The molecule has 2 aromatic carbocycles. The molecule has 1 heterocycles. The number of aromatic hydroxyl groups is 2. The highest BCUT2D eigenvalue weighted by atomic mass is 32.2. The number of aromatic nitrogens is 1. The highest BCUT2D eigenvalue weighted by Crippen LogP contribution is 2.27. The topological polar surface area (TPSA) is 97.6 Å². The summed E-state index contributed by atoms with van der Waals surface area (Å²) in [5.41, 5.74) is 0.554. The number of aliphatic hydroxyl groups excluding tert-OH is 1. The van der Waals surface area contributed by atoms with Crippen molar-refractivity contribution in [3.8, 4) is 11.5 Å². The van der Waals surface area contributed by atoms with E-state index in [0.29, 0.717) is 18.7 Å². The number of benzene rings is 2. The minimum absolute atomic E-state index is 0.184. The van der Waals surface area contributed by atoms with E-state index in [-0.39, 0.29) is 17.5 Å². The van der Waals surface area contributed by atoms with Gasteiger partial charge in [0.1, 0.15) is 0 Å². The molecule has 0 saturated heterocycles. The van der Waals surface area contributed by atoms with Crippen LogP contribution in [0, 0.1) is 0 Å².